The Morgan fingerprint density at radius 3 is 2.15 bits per heavy atom. The average Bonchev–Trinajstić information content (AvgIpc) is 2.27. The van der Waals surface area contributed by atoms with Gasteiger partial charge < -0.3 is 5.11 Å². The van der Waals surface area contributed by atoms with E-state index in [1.807, 2.05) is 0 Å². The summed E-state index contributed by atoms with van der Waals surface area (Å²) in [4.78, 5) is 11.1. The third-order valence-electron chi connectivity index (χ3n) is 2.41. The van der Waals surface area contributed by atoms with Crippen molar-refractivity contribution in [1.82, 2.24) is 0 Å². The zero-order valence-electron chi connectivity index (χ0n) is 10.2. The van der Waals surface area contributed by atoms with Gasteiger partial charge >= 0.3 is 21.6 Å². The summed E-state index contributed by atoms with van der Waals surface area (Å²) >= 11 is 0. The first kappa shape index (κ1) is 16.4. The van der Waals surface area contributed by atoms with Crippen LogP contribution in [0.2, 0.25) is 0 Å². The van der Waals surface area contributed by atoms with E-state index in [-0.39, 0.29) is 0 Å². The first-order chi connectivity index (χ1) is 8.98. The number of benzene rings is 1. The van der Waals surface area contributed by atoms with Crippen LogP contribution >= 0.6 is 0 Å². The van der Waals surface area contributed by atoms with Crippen molar-refractivity contribution in [2.24, 2.45) is 0 Å². The van der Waals surface area contributed by atoms with E-state index in [1.165, 1.54) is 24.3 Å². The van der Waals surface area contributed by atoms with Crippen molar-refractivity contribution in [2.75, 3.05) is 0 Å². The maximum absolute atomic E-state index is 12.3. The molecule has 1 aromatic rings. The predicted molar refractivity (Wildman–Crippen MR) is 62.2 cm³/mol. The minimum absolute atomic E-state index is 0.328. The summed E-state index contributed by atoms with van der Waals surface area (Å²) in [6.45, 7) is 0.769. The highest BCUT2D eigenvalue weighted by atomic mass is 32.2. The van der Waals surface area contributed by atoms with E-state index < -0.39 is 33.6 Å². The third-order valence-corrected chi connectivity index (χ3v) is 3.57. The van der Waals surface area contributed by atoms with Gasteiger partial charge in [-0.25, -0.2) is 8.98 Å². The molecule has 20 heavy (non-hydrogen) atoms. The number of hydrogen-bond acceptors (Lipinski definition) is 4. The average molecular weight is 312 g/mol. The van der Waals surface area contributed by atoms with E-state index in [0.29, 0.717) is 5.56 Å². The minimum atomic E-state index is -6.00. The summed E-state index contributed by atoms with van der Waals surface area (Å²) in [7, 11) is -6.00. The standard InChI is InChI=1S/C11H11F3O5S/c1-10(9(15)16,7-8-5-3-2-4-6-8)19-20(17,18)11(12,13)14/h2-6H,7H2,1H3,(H,15,16). The lowest BCUT2D eigenvalue weighted by atomic mass is 9.97. The Balaban J connectivity index is 3.09. The van der Waals surface area contributed by atoms with Gasteiger partial charge in [-0.1, -0.05) is 30.3 Å². The number of rotatable bonds is 5. The van der Waals surface area contributed by atoms with Crippen LogP contribution in [0.4, 0.5) is 13.2 Å². The summed E-state index contributed by atoms with van der Waals surface area (Å²) in [5.41, 5.74) is -7.90. The molecule has 0 heterocycles. The van der Waals surface area contributed by atoms with Crippen LogP contribution in [0.5, 0.6) is 0 Å². The topological polar surface area (TPSA) is 80.7 Å². The van der Waals surface area contributed by atoms with Crippen molar-refractivity contribution in [3.05, 3.63) is 35.9 Å². The molecule has 0 saturated heterocycles. The fraction of sp³-hybridized carbons (Fsp3) is 0.364. The normalized spacial score (nSPS) is 15.6. The fourth-order valence-electron chi connectivity index (χ4n) is 1.42. The molecule has 1 rings (SSSR count). The van der Waals surface area contributed by atoms with Gasteiger partial charge in [-0.3, -0.25) is 0 Å². The molecule has 0 bridgehead atoms. The lowest BCUT2D eigenvalue weighted by molar-refractivity contribution is -0.154. The monoisotopic (exact) mass is 312 g/mol. The molecule has 0 radical (unpaired) electrons. The Morgan fingerprint density at radius 1 is 1.25 bits per heavy atom. The molecule has 5 nitrogen and oxygen atoms in total. The molecule has 1 N–H and O–H groups in total. The predicted octanol–water partition coefficient (Wildman–Crippen LogP) is 1.94. The van der Waals surface area contributed by atoms with Gasteiger partial charge in [0, 0.05) is 6.42 Å². The Kier molecular flexibility index (Phi) is 4.45. The van der Waals surface area contributed by atoms with E-state index in [0.717, 1.165) is 6.92 Å². The highest BCUT2D eigenvalue weighted by Gasteiger charge is 2.53. The number of carboxylic acids is 1. The van der Waals surface area contributed by atoms with Gasteiger partial charge in [0.05, 0.1) is 0 Å². The SMILES string of the molecule is CC(Cc1ccccc1)(OS(=O)(=O)C(F)(F)F)C(=O)O. The van der Waals surface area contributed by atoms with E-state index in [2.05, 4.69) is 4.18 Å². The quantitative estimate of drug-likeness (QED) is 0.664. The smallest absolute Gasteiger partial charge is 0.479 e. The Morgan fingerprint density at radius 2 is 1.75 bits per heavy atom. The van der Waals surface area contributed by atoms with E-state index in [4.69, 9.17) is 5.11 Å². The second kappa shape index (κ2) is 5.41. The number of carbonyl (C=O) groups is 1. The first-order valence-corrected chi connectivity index (χ1v) is 6.68. The summed E-state index contributed by atoms with van der Waals surface area (Å²) in [5.74, 6) is -1.81. The second-order valence-corrected chi connectivity index (χ2v) is 5.72. The highest BCUT2D eigenvalue weighted by Crippen LogP contribution is 2.30. The molecule has 0 spiro atoms. The summed E-state index contributed by atoms with van der Waals surface area (Å²) in [6.07, 6.45) is -0.529. The molecule has 0 saturated carbocycles. The number of carboxylic acid groups (broad SMARTS) is 1. The number of alkyl halides is 3. The molecule has 112 valence electrons. The van der Waals surface area contributed by atoms with Gasteiger partial charge in [0.25, 0.3) is 0 Å². The van der Waals surface area contributed by atoms with Gasteiger partial charge in [0.2, 0.25) is 0 Å². The molecule has 0 fully saturated rings. The zero-order valence-corrected chi connectivity index (χ0v) is 11.0. The molecular formula is C11H11F3O5S. The lowest BCUT2D eigenvalue weighted by Crippen LogP contribution is -2.45. The van der Waals surface area contributed by atoms with Crippen molar-refractivity contribution in [3.63, 3.8) is 0 Å². The summed E-state index contributed by atoms with van der Waals surface area (Å²) in [6, 6.07) is 7.59. The maximum atomic E-state index is 12.3. The fourth-order valence-corrected chi connectivity index (χ4v) is 2.12. The van der Waals surface area contributed by atoms with Crippen molar-refractivity contribution >= 4 is 16.1 Å². The van der Waals surface area contributed by atoms with E-state index in [1.54, 1.807) is 6.07 Å². The number of aliphatic carboxylic acids is 1. The minimum Gasteiger partial charge on any atom is -0.479 e. The molecule has 0 aromatic heterocycles. The Labute approximate surface area is 113 Å². The molecule has 0 aliphatic carbocycles. The molecular weight excluding hydrogens is 301 g/mol. The van der Waals surface area contributed by atoms with Crippen molar-refractivity contribution < 1.29 is 35.7 Å². The number of halogens is 3. The van der Waals surface area contributed by atoms with Crippen LogP contribution in [-0.4, -0.2) is 30.6 Å². The maximum Gasteiger partial charge on any atom is 0.523 e. The van der Waals surface area contributed by atoms with Crippen molar-refractivity contribution in [3.8, 4) is 0 Å². The zero-order chi connectivity index (χ0) is 15.6. The highest BCUT2D eigenvalue weighted by molar-refractivity contribution is 7.87. The summed E-state index contributed by atoms with van der Waals surface area (Å²) in [5, 5.41) is 8.97. The first-order valence-electron chi connectivity index (χ1n) is 5.27. The third kappa shape index (κ3) is 3.70. The Hall–Kier alpha value is -1.61. The molecule has 1 aromatic carbocycles. The molecule has 1 atom stereocenters. The van der Waals surface area contributed by atoms with Crippen LogP contribution in [0.1, 0.15) is 12.5 Å². The van der Waals surface area contributed by atoms with Crippen molar-refractivity contribution in [1.29, 1.82) is 0 Å². The van der Waals surface area contributed by atoms with E-state index >= 15 is 0 Å². The lowest BCUT2D eigenvalue weighted by Gasteiger charge is -2.25. The van der Waals surface area contributed by atoms with Crippen LogP contribution in [0.3, 0.4) is 0 Å². The van der Waals surface area contributed by atoms with Crippen LogP contribution in [-0.2, 0) is 25.5 Å². The molecule has 0 aliphatic rings. The van der Waals surface area contributed by atoms with Gasteiger partial charge in [-0.15, -0.1) is 0 Å². The van der Waals surface area contributed by atoms with E-state index in [9.17, 15) is 26.4 Å². The molecule has 1 unspecified atom stereocenters. The molecule has 9 heteroatoms. The second-order valence-electron chi connectivity index (χ2n) is 4.18. The molecule has 0 amide bonds. The van der Waals surface area contributed by atoms with Gasteiger partial charge in [0.15, 0.2) is 5.60 Å². The van der Waals surface area contributed by atoms with Crippen LogP contribution < -0.4 is 0 Å². The summed E-state index contributed by atoms with van der Waals surface area (Å²) < 4.78 is 62.6. The molecule has 0 aliphatic heterocycles. The van der Waals surface area contributed by atoms with Crippen LogP contribution in [0.25, 0.3) is 0 Å². The van der Waals surface area contributed by atoms with Gasteiger partial charge in [-0.2, -0.15) is 21.6 Å². The largest absolute Gasteiger partial charge is 0.523 e. The Bertz CT molecular complexity index is 582. The van der Waals surface area contributed by atoms with Crippen LogP contribution in [0, 0.1) is 0 Å². The van der Waals surface area contributed by atoms with Gasteiger partial charge in [0.1, 0.15) is 0 Å². The number of hydrogen-bond donors (Lipinski definition) is 1. The van der Waals surface area contributed by atoms with Gasteiger partial charge in [-0.05, 0) is 12.5 Å². The van der Waals surface area contributed by atoms with Crippen LogP contribution in [0.15, 0.2) is 30.3 Å². The van der Waals surface area contributed by atoms with Crippen molar-refractivity contribution in [2.45, 2.75) is 24.5 Å².